The van der Waals surface area contributed by atoms with Crippen molar-refractivity contribution >= 4 is 40.6 Å². The number of fused-ring (bicyclic) bond motifs is 3. The molecule has 1 N–H and O–H groups in total. The zero-order chi connectivity index (χ0) is 20.8. The number of aromatic nitrogens is 1. The van der Waals surface area contributed by atoms with Gasteiger partial charge in [0.2, 0.25) is 11.8 Å². The summed E-state index contributed by atoms with van der Waals surface area (Å²) in [5.74, 6) is -0.295. The Morgan fingerprint density at radius 1 is 1.31 bits per heavy atom. The van der Waals surface area contributed by atoms with E-state index in [2.05, 4.69) is 10.3 Å². The Balaban J connectivity index is 1.57. The molecule has 2 amide bonds. The molecule has 1 aromatic carbocycles. The molecule has 29 heavy (non-hydrogen) atoms. The predicted molar refractivity (Wildman–Crippen MR) is 102 cm³/mol. The quantitative estimate of drug-likeness (QED) is 0.815. The fourth-order valence-electron chi connectivity index (χ4n) is 3.70. The summed E-state index contributed by atoms with van der Waals surface area (Å²) in [6, 6.07) is 5.49. The van der Waals surface area contributed by atoms with E-state index < -0.39 is 23.7 Å². The van der Waals surface area contributed by atoms with E-state index in [1.54, 1.807) is 6.07 Å². The number of amides is 2. The highest BCUT2D eigenvalue weighted by molar-refractivity contribution is 6.31. The number of pyridine rings is 1. The third-order valence-electron chi connectivity index (χ3n) is 4.96. The van der Waals surface area contributed by atoms with Gasteiger partial charge in [-0.3, -0.25) is 14.5 Å². The van der Waals surface area contributed by atoms with Crippen LogP contribution in [0.3, 0.4) is 0 Å². The Kier molecular flexibility index (Phi) is 4.85. The van der Waals surface area contributed by atoms with Crippen LogP contribution in [-0.2, 0) is 15.8 Å². The molecule has 1 aromatic heterocycles. The first-order chi connectivity index (χ1) is 13.7. The van der Waals surface area contributed by atoms with Crippen LogP contribution in [0.25, 0.3) is 0 Å². The molecule has 0 radical (unpaired) electrons. The highest BCUT2D eigenvalue weighted by Crippen LogP contribution is 2.39. The fraction of sp³-hybridized carbons (Fsp3) is 0.316. The molecule has 1 saturated heterocycles. The second-order valence-corrected chi connectivity index (χ2v) is 7.34. The van der Waals surface area contributed by atoms with E-state index in [0.717, 1.165) is 18.6 Å². The molecule has 0 spiro atoms. The molecule has 2 aliphatic heterocycles. The summed E-state index contributed by atoms with van der Waals surface area (Å²) in [5.41, 5.74) is -0.451. The first kappa shape index (κ1) is 19.5. The molecule has 152 valence electrons. The van der Waals surface area contributed by atoms with Gasteiger partial charge in [-0.1, -0.05) is 17.7 Å². The number of halogens is 4. The first-order valence-electron chi connectivity index (χ1n) is 8.95. The van der Waals surface area contributed by atoms with Gasteiger partial charge >= 0.3 is 6.18 Å². The van der Waals surface area contributed by atoms with Gasteiger partial charge in [-0.05, 0) is 37.1 Å². The summed E-state index contributed by atoms with van der Waals surface area (Å²) in [6.45, 7) is 0.330. The van der Waals surface area contributed by atoms with E-state index in [1.807, 2.05) is 4.90 Å². The Morgan fingerprint density at radius 3 is 2.86 bits per heavy atom. The lowest BCUT2D eigenvalue weighted by molar-refractivity contribution is -0.137. The standard InChI is InChI=1S/C19H16ClF3N4O2/c20-12-8-15-17(24-9-12)26-6-2-5-14(26)18(29)27(15)10-16(28)25-13-4-1-3-11(7-13)19(21,22)23/h1,3-4,7-9,14H,2,5-6,10H2,(H,25,28)/t14-/m1/s1. The van der Waals surface area contributed by atoms with Gasteiger partial charge in [-0.25, -0.2) is 4.98 Å². The van der Waals surface area contributed by atoms with Crippen LogP contribution < -0.4 is 15.1 Å². The molecule has 0 saturated carbocycles. The minimum Gasteiger partial charge on any atom is -0.343 e. The number of hydrogen-bond acceptors (Lipinski definition) is 4. The molecule has 3 heterocycles. The van der Waals surface area contributed by atoms with Crippen LogP contribution in [0.15, 0.2) is 36.5 Å². The maximum absolute atomic E-state index is 12.9. The number of nitrogens with zero attached hydrogens (tertiary/aromatic N) is 3. The molecule has 2 aromatic rings. The third kappa shape index (κ3) is 3.74. The van der Waals surface area contributed by atoms with E-state index in [0.29, 0.717) is 29.5 Å². The van der Waals surface area contributed by atoms with Gasteiger partial charge in [-0.2, -0.15) is 13.2 Å². The number of alkyl halides is 3. The molecular formula is C19H16ClF3N4O2. The van der Waals surface area contributed by atoms with Crippen molar-refractivity contribution in [1.29, 1.82) is 0 Å². The van der Waals surface area contributed by atoms with Crippen LogP contribution in [0.2, 0.25) is 5.02 Å². The molecule has 1 fully saturated rings. The van der Waals surface area contributed by atoms with Gasteiger partial charge in [0.15, 0.2) is 5.82 Å². The van der Waals surface area contributed by atoms with Crippen LogP contribution in [-0.4, -0.2) is 35.9 Å². The maximum atomic E-state index is 12.9. The average Bonchev–Trinajstić information content (AvgIpc) is 3.14. The van der Waals surface area contributed by atoms with E-state index >= 15 is 0 Å². The second-order valence-electron chi connectivity index (χ2n) is 6.90. The number of benzene rings is 1. The van der Waals surface area contributed by atoms with Crippen molar-refractivity contribution in [3.05, 3.63) is 47.1 Å². The summed E-state index contributed by atoms with van der Waals surface area (Å²) in [7, 11) is 0. The summed E-state index contributed by atoms with van der Waals surface area (Å²) < 4.78 is 38.6. The second kappa shape index (κ2) is 7.22. The third-order valence-corrected chi connectivity index (χ3v) is 5.16. The molecule has 0 unspecified atom stereocenters. The Bertz CT molecular complexity index is 982. The fourth-order valence-corrected chi connectivity index (χ4v) is 3.85. The van der Waals surface area contributed by atoms with E-state index in [-0.39, 0.29) is 18.1 Å². The minimum absolute atomic E-state index is 0.00113. The maximum Gasteiger partial charge on any atom is 0.416 e. The Labute approximate surface area is 169 Å². The van der Waals surface area contributed by atoms with Crippen molar-refractivity contribution in [1.82, 2.24) is 4.98 Å². The molecule has 0 bridgehead atoms. The largest absolute Gasteiger partial charge is 0.416 e. The molecule has 4 rings (SSSR count). The summed E-state index contributed by atoms with van der Waals surface area (Å²) in [6.07, 6.45) is -1.57. The number of nitrogens with one attached hydrogen (secondary N) is 1. The van der Waals surface area contributed by atoms with Crippen LogP contribution in [0.5, 0.6) is 0 Å². The summed E-state index contributed by atoms with van der Waals surface area (Å²) in [5, 5.41) is 2.74. The summed E-state index contributed by atoms with van der Waals surface area (Å²) >= 11 is 6.03. The minimum atomic E-state index is -4.52. The Hall–Kier alpha value is -2.81. The normalized spacial score (nSPS) is 18.5. The lowest BCUT2D eigenvalue weighted by Gasteiger charge is -2.38. The molecule has 0 aliphatic carbocycles. The van der Waals surface area contributed by atoms with Crippen molar-refractivity contribution in [2.75, 3.05) is 28.2 Å². The molecule has 1 atom stereocenters. The van der Waals surface area contributed by atoms with Crippen molar-refractivity contribution in [2.24, 2.45) is 0 Å². The van der Waals surface area contributed by atoms with Gasteiger partial charge < -0.3 is 10.2 Å². The van der Waals surface area contributed by atoms with Gasteiger partial charge in [-0.15, -0.1) is 0 Å². The van der Waals surface area contributed by atoms with E-state index in [1.165, 1.54) is 23.2 Å². The lowest BCUT2D eigenvalue weighted by Crippen LogP contribution is -2.53. The Morgan fingerprint density at radius 2 is 2.10 bits per heavy atom. The SMILES string of the molecule is O=C(CN1C(=O)[C@H]2CCCN2c2ncc(Cl)cc21)Nc1cccc(C(F)(F)F)c1. The van der Waals surface area contributed by atoms with Crippen molar-refractivity contribution in [2.45, 2.75) is 25.1 Å². The van der Waals surface area contributed by atoms with E-state index in [4.69, 9.17) is 11.6 Å². The molecular weight excluding hydrogens is 409 g/mol. The van der Waals surface area contributed by atoms with Gasteiger partial charge in [0.05, 0.1) is 16.3 Å². The highest BCUT2D eigenvalue weighted by atomic mass is 35.5. The van der Waals surface area contributed by atoms with Gasteiger partial charge in [0, 0.05) is 18.4 Å². The van der Waals surface area contributed by atoms with Gasteiger partial charge in [0.1, 0.15) is 12.6 Å². The number of hydrogen-bond donors (Lipinski definition) is 1. The number of anilines is 3. The number of carbonyl (C=O) groups is 2. The van der Waals surface area contributed by atoms with Crippen LogP contribution in [0.1, 0.15) is 18.4 Å². The zero-order valence-corrected chi connectivity index (χ0v) is 15.8. The molecule has 10 heteroatoms. The van der Waals surface area contributed by atoms with Crippen molar-refractivity contribution < 1.29 is 22.8 Å². The van der Waals surface area contributed by atoms with Crippen LogP contribution in [0.4, 0.5) is 30.4 Å². The molecule has 6 nitrogen and oxygen atoms in total. The van der Waals surface area contributed by atoms with Gasteiger partial charge in [0.25, 0.3) is 0 Å². The first-order valence-corrected chi connectivity index (χ1v) is 9.32. The topological polar surface area (TPSA) is 65.5 Å². The lowest BCUT2D eigenvalue weighted by atomic mass is 10.1. The van der Waals surface area contributed by atoms with Crippen molar-refractivity contribution in [3.63, 3.8) is 0 Å². The number of rotatable bonds is 3. The monoisotopic (exact) mass is 424 g/mol. The smallest absolute Gasteiger partial charge is 0.343 e. The van der Waals surface area contributed by atoms with Crippen LogP contribution >= 0.6 is 11.6 Å². The average molecular weight is 425 g/mol. The van der Waals surface area contributed by atoms with Crippen molar-refractivity contribution in [3.8, 4) is 0 Å². The van der Waals surface area contributed by atoms with Crippen LogP contribution in [0, 0.1) is 0 Å². The highest BCUT2D eigenvalue weighted by Gasteiger charge is 2.42. The number of carbonyl (C=O) groups excluding carboxylic acids is 2. The zero-order valence-electron chi connectivity index (χ0n) is 15.0. The van der Waals surface area contributed by atoms with E-state index in [9.17, 15) is 22.8 Å². The molecule has 2 aliphatic rings. The summed E-state index contributed by atoms with van der Waals surface area (Å²) in [4.78, 5) is 33.0. The predicted octanol–water partition coefficient (Wildman–Crippen LogP) is 3.71.